The molecular weight excluding hydrogens is 203 g/mol. The zero-order valence-electron chi connectivity index (χ0n) is 8.16. The Bertz CT molecular complexity index is 309. The molecule has 0 atom stereocenters. The fourth-order valence-corrected chi connectivity index (χ4v) is 1.11. The Morgan fingerprint density at radius 3 is 1.86 bits per heavy atom. The SMILES string of the molecule is CC(C)(C)c1ccc(C(=O)O)cc1.[KH]. The van der Waals surface area contributed by atoms with E-state index in [1.165, 1.54) is 0 Å². The van der Waals surface area contributed by atoms with Crippen molar-refractivity contribution in [2.75, 3.05) is 0 Å². The van der Waals surface area contributed by atoms with E-state index in [-0.39, 0.29) is 56.8 Å². The predicted octanol–water partition coefficient (Wildman–Crippen LogP) is 2.03. The van der Waals surface area contributed by atoms with Crippen molar-refractivity contribution < 1.29 is 9.90 Å². The predicted molar refractivity (Wildman–Crippen MR) is 59.3 cm³/mol. The summed E-state index contributed by atoms with van der Waals surface area (Å²) in [7, 11) is 0. The topological polar surface area (TPSA) is 37.3 Å². The summed E-state index contributed by atoms with van der Waals surface area (Å²) in [6.07, 6.45) is 0. The molecule has 3 heteroatoms. The molecule has 72 valence electrons. The van der Waals surface area contributed by atoms with E-state index < -0.39 is 5.97 Å². The Morgan fingerprint density at radius 1 is 1.14 bits per heavy atom. The van der Waals surface area contributed by atoms with E-state index in [2.05, 4.69) is 20.8 Å². The standard InChI is InChI=1S/C11H14O2.K.H/c1-11(2,3)9-6-4-8(5-7-9)10(12)13;;/h4-7H,1-3H3,(H,12,13);;. The first-order chi connectivity index (χ1) is 5.91. The molecule has 0 radical (unpaired) electrons. The zero-order chi connectivity index (χ0) is 10.1. The van der Waals surface area contributed by atoms with Crippen molar-refractivity contribution >= 4 is 57.4 Å². The minimum absolute atomic E-state index is 0. The molecule has 1 N–H and O–H groups in total. The number of carboxylic acid groups (broad SMARTS) is 1. The van der Waals surface area contributed by atoms with Crippen LogP contribution >= 0.6 is 0 Å². The van der Waals surface area contributed by atoms with Crippen LogP contribution in [0.5, 0.6) is 0 Å². The number of benzene rings is 1. The van der Waals surface area contributed by atoms with Crippen LogP contribution in [0.15, 0.2) is 24.3 Å². The van der Waals surface area contributed by atoms with Gasteiger partial charge in [0.1, 0.15) is 0 Å². The van der Waals surface area contributed by atoms with E-state index in [4.69, 9.17) is 5.11 Å². The van der Waals surface area contributed by atoms with E-state index in [1.807, 2.05) is 12.1 Å². The van der Waals surface area contributed by atoms with E-state index in [0.717, 1.165) is 5.56 Å². The number of hydrogen-bond acceptors (Lipinski definition) is 1. The minimum atomic E-state index is -0.875. The number of rotatable bonds is 1. The van der Waals surface area contributed by atoms with Gasteiger partial charge in [-0.15, -0.1) is 0 Å². The van der Waals surface area contributed by atoms with E-state index in [0.29, 0.717) is 5.56 Å². The Hall–Kier alpha value is 0.326. The van der Waals surface area contributed by atoms with Crippen LogP contribution in [0.4, 0.5) is 0 Å². The van der Waals surface area contributed by atoms with Crippen LogP contribution in [-0.4, -0.2) is 62.5 Å². The van der Waals surface area contributed by atoms with Gasteiger partial charge in [-0.3, -0.25) is 0 Å². The van der Waals surface area contributed by atoms with Crippen LogP contribution in [0.25, 0.3) is 0 Å². The third-order valence-corrected chi connectivity index (χ3v) is 2.00. The Balaban J connectivity index is 0.00000169. The fourth-order valence-electron chi connectivity index (χ4n) is 1.11. The Labute approximate surface area is 127 Å². The second kappa shape index (κ2) is 5.42. The quantitative estimate of drug-likeness (QED) is 0.732. The van der Waals surface area contributed by atoms with E-state index in [9.17, 15) is 4.79 Å². The summed E-state index contributed by atoms with van der Waals surface area (Å²) in [5.41, 5.74) is 1.57. The molecule has 1 aromatic carbocycles. The van der Waals surface area contributed by atoms with Crippen molar-refractivity contribution in [2.45, 2.75) is 26.2 Å². The van der Waals surface area contributed by atoms with Crippen molar-refractivity contribution in [3.63, 3.8) is 0 Å². The van der Waals surface area contributed by atoms with E-state index in [1.54, 1.807) is 12.1 Å². The first-order valence-corrected chi connectivity index (χ1v) is 4.25. The van der Waals surface area contributed by atoms with Gasteiger partial charge in [-0.25, -0.2) is 4.79 Å². The summed E-state index contributed by atoms with van der Waals surface area (Å²) in [5, 5.41) is 8.68. The Morgan fingerprint density at radius 2 is 1.57 bits per heavy atom. The van der Waals surface area contributed by atoms with E-state index >= 15 is 0 Å². The first kappa shape index (κ1) is 14.3. The van der Waals surface area contributed by atoms with Gasteiger partial charge in [0.05, 0.1) is 5.56 Å². The molecule has 0 aliphatic heterocycles. The molecule has 0 saturated heterocycles. The summed E-state index contributed by atoms with van der Waals surface area (Å²) < 4.78 is 0. The maximum atomic E-state index is 10.6. The molecule has 0 spiro atoms. The van der Waals surface area contributed by atoms with Crippen molar-refractivity contribution in [1.29, 1.82) is 0 Å². The second-order valence-corrected chi connectivity index (χ2v) is 4.13. The van der Waals surface area contributed by atoms with Gasteiger partial charge in [-0.05, 0) is 23.1 Å². The average Bonchev–Trinajstić information content (AvgIpc) is 2.03. The normalized spacial score (nSPS) is 10.5. The molecule has 0 amide bonds. The van der Waals surface area contributed by atoms with Gasteiger partial charge in [0.25, 0.3) is 0 Å². The first-order valence-electron chi connectivity index (χ1n) is 4.25. The van der Waals surface area contributed by atoms with Crippen LogP contribution in [-0.2, 0) is 5.41 Å². The molecular formula is C11H15KO2. The summed E-state index contributed by atoms with van der Waals surface area (Å²) in [6, 6.07) is 7.01. The van der Waals surface area contributed by atoms with Gasteiger partial charge >= 0.3 is 57.4 Å². The number of carbonyl (C=O) groups is 1. The maximum absolute atomic E-state index is 10.6. The van der Waals surface area contributed by atoms with Crippen LogP contribution in [0.1, 0.15) is 36.7 Å². The van der Waals surface area contributed by atoms with Crippen molar-refractivity contribution in [1.82, 2.24) is 0 Å². The third kappa shape index (κ3) is 3.83. The molecule has 0 unspecified atom stereocenters. The number of carboxylic acids is 1. The fraction of sp³-hybridized carbons (Fsp3) is 0.364. The second-order valence-electron chi connectivity index (χ2n) is 4.13. The summed E-state index contributed by atoms with van der Waals surface area (Å²) in [6.45, 7) is 6.30. The molecule has 14 heavy (non-hydrogen) atoms. The van der Waals surface area contributed by atoms with Crippen molar-refractivity contribution in [2.24, 2.45) is 0 Å². The molecule has 0 aliphatic carbocycles. The van der Waals surface area contributed by atoms with Gasteiger partial charge in [0.15, 0.2) is 0 Å². The summed E-state index contributed by atoms with van der Waals surface area (Å²) in [4.78, 5) is 10.6. The monoisotopic (exact) mass is 218 g/mol. The van der Waals surface area contributed by atoms with Gasteiger partial charge in [-0.2, -0.15) is 0 Å². The molecule has 1 rings (SSSR count). The van der Waals surface area contributed by atoms with Crippen LogP contribution in [0.2, 0.25) is 0 Å². The summed E-state index contributed by atoms with van der Waals surface area (Å²) in [5.74, 6) is -0.875. The molecule has 1 aromatic rings. The number of hydrogen-bond donors (Lipinski definition) is 1. The molecule has 0 saturated carbocycles. The van der Waals surface area contributed by atoms with Gasteiger partial charge in [0.2, 0.25) is 0 Å². The zero-order valence-corrected chi connectivity index (χ0v) is 8.16. The molecule has 0 aliphatic rings. The third-order valence-electron chi connectivity index (χ3n) is 2.00. The van der Waals surface area contributed by atoms with Crippen LogP contribution < -0.4 is 0 Å². The molecule has 0 fully saturated rings. The van der Waals surface area contributed by atoms with Crippen LogP contribution in [0, 0.1) is 0 Å². The molecule has 2 nitrogen and oxygen atoms in total. The Kier molecular flexibility index (Phi) is 5.55. The van der Waals surface area contributed by atoms with Gasteiger partial charge < -0.3 is 5.11 Å². The average molecular weight is 218 g/mol. The van der Waals surface area contributed by atoms with Crippen LogP contribution in [0.3, 0.4) is 0 Å². The van der Waals surface area contributed by atoms with Crippen molar-refractivity contribution in [3.8, 4) is 0 Å². The number of aromatic carboxylic acids is 1. The van der Waals surface area contributed by atoms with Crippen molar-refractivity contribution in [3.05, 3.63) is 35.4 Å². The summed E-state index contributed by atoms with van der Waals surface area (Å²) >= 11 is 0. The van der Waals surface area contributed by atoms with Gasteiger partial charge in [-0.1, -0.05) is 32.9 Å². The molecule has 0 heterocycles. The van der Waals surface area contributed by atoms with Gasteiger partial charge in [0, 0.05) is 0 Å². The molecule has 0 aromatic heterocycles. The molecule has 0 bridgehead atoms.